The summed E-state index contributed by atoms with van der Waals surface area (Å²) in [5.74, 6) is -0.0153. The molecule has 2 aliphatic rings. The van der Waals surface area contributed by atoms with Gasteiger partial charge in [0.05, 0.1) is 6.10 Å². The average Bonchev–Trinajstić information content (AvgIpc) is 3.34. The van der Waals surface area contributed by atoms with Crippen LogP contribution in [0.1, 0.15) is 74.2 Å². The number of alkyl halides is 3. The van der Waals surface area contributed by atoms with E-state index in [1.54, 1.807) is 12.0 Å². The van der Waals surface area contributed by atoms with E-state index in [1.807, 2.05) is 13.8 Å². The van der Waals surface area contributed by atoms with Gasteiger partial charge in [0.1, 0.15) is 5.69 Å². The van der Waals surface area contributed by atoms with E-state index >= 15 is 0 Å². The zero-order valence-corrected chi connectivity index (χ0v) is 18.2. The molecule has 9 heteroatoms. The molecular formula is C22H29F3N4O2. The molecule has 31 heavy (non-hydrogen) atoms. The Bertz CT molecular complexity index is 964. The highest BCUT2D eigenvalue weighted by molar-refractivity contribution is 5.94. The van der Waals surface area contributed by atoms with Crippen LogP contribution >= 0.6 is 0 Å². The van der Waals surface area contributed by atoms with E-state index in [0.29, 0.717) is 37.4 Å². The maximum atomic E-state index is 13.8. The van der Waals surface area contributed by atoms with Crippen molar-refractivity contribution in [1.82, 2.24) is 19.5 Å². The van der Waals surface area contributed by atoms with Crippen molar-refractivity contribution in [2.45, 2.75) is 76.6 Å². The molecule has 2 aromatic heterocycles. The Labute approximate surface area is 179 Å². The van der Waals surface area contributed by atoms with Crippen molar-refractivity contribution in [3.8, 4) is 0 Å². The van der Waals surface area contributed by atoms with Crippen LogP contribution in [0.15, 0.2) is 12.1 Å². The second-order valence-electron chi connectivity index (χ2n) is 9.40. The van der Waals surface area contributed by atoms with Crippen LogP contribution in [-0.4, -0.2) is 50.7 Å². The first-order chi connectivity index (χ1) is 14.6. The molecule has 0 N–H and O–H groups in total. The molecule has 4 rings (SSSR count). The minimum absolute atomic E-state index is 0.0139. The molecule has 1 aliphatic carbocycles. The number of ether oxygens (including phenoxy) is 1. The molecule has 0 bridgehead atoms. The molecular weight excluding hydrogens is 409 g/mol. The zero-order chi connectivity index (χ0) is 22.4. The Morgan fingerprint density at radius 2 is 1.94 bits per heavy atom. The molecule has 6 nitrogen and oxygen atoms in total. The number of carbonyl (C=O) groups is 1. The van der Waals surface area contributed by atoms with E-state index in [1.165, 1.54) is 6.07 Å². The maximum Gasteiger partial charge on any atom is 0.433 e. The quantitative estimate of drug-likeness (QED) is 0.705. The molecule has 1 amide bonds. The number of halogens is 3. The topological polar surface area (TPSA) is 59.7 Å². The predicted molar refractivity (Wildman–Crippen MR) is 109 cm³/mol. The van der Waals surface area contributed by atoms with Crippen LogP contribution < -0.4 is 0 Å². The van der Waals surface area contributed by atoms with Gasteiger partial charge in [0.2, 0.25) is 0 Å². The predicted octanol–water partition coefficient (Wildman–Crippen LogP) is 4.51. The van der Waals surface area contributed by atoms with Crippen molar-refractivity contribution in [2.24, 2.45) is 5.92 Å². The first kappa shape index (κ1) is 22.0. The van der Waals surface area contributed by atoms with Gasteiger partial charge in [-0.1, -0.05) is 25.7 Å². The molecule has 0 aromatic carbocycles. The van der Waals surface area contributed by atoms with Crippen molar-refractivity contribution in [2.75, 3.05) is 13.7 Å². The number of rotatable bonds is 4. The lowest BCUT2D eigenvalue weighted by atomic mass is 9.88. The fourth-order valence-electron chi connectivity index (χ4n) is 5.01. The number of hydrogen-bond donors (Lipinski definition) is 0. The third kappa shape index (κ3) is 4.42. The van der Waals surface area contributed by atoms with Crippen LogP contribution in [0.3, 0.4) is 0 Å². The lowest BCUT2D eigenvalue weighted by Gasteiger charge is -2.44. The Morgan fingerprint density at radius 3 is 2.55 bits per heavy atom. The number of fused-ring (bicyclic) bond motifs is 1. The summed E-state index contributed by atoms with van der Waals surface area (Å²) < 4.78 is 47.6. The molecule has 0 spiro atoms. The average molecular weight is 438 g/mol. The first-order valence-corrected chi connectivity index (χ1v) is 10.9. The molecule has 1 unspecified atom stereocenters. The number of methoxy groups -OCH3 is 1. The first-order valence-electron chi connectivity index (χ1n) is 10.9. The van der Waals surface area contributed by atoms with Gasteiger partial charge < -0.3 is 9.64 Å². The lowest BCUT2D eigenvalue weighted by molar-refractivity contribution is -0.142. The monoisotopic (exact) mass is 438 g/mol. The van der Waals surface area contributed by atoms with Crippen molar-refractivity contribution < 1.29 is 22.7 Å². The maximum absolute atomic E-state index is 13.8. The number of amides is 1. The molecule has 1 saturated heterocycles. The van der Waals surface area contributed by atoms with Crippen LogP contribution in [0.5, 0.6) is 0 Å². The number of aromatic nitrogens is 3. The standard InChI is InChI=1S/C22H29F3N4O2/c1-21(2)13-16(31-3)8-9-28(21)20(30)17-12-19-26-15(10-14-6-4-5-7-14)11-18(22(23,24)25)29(19)27-17/h11-12,14,16H,4-10,13H2,1-3H3. The van der Waals surface area contributed by atoms with Gasteiger partial charge in [-0.25, -0.2) is 9.50 Å². The number of carbonyl (C=O) groups excluding carboxylic acids is 1. The molecule has 170 valence electrons. The number of hydrogen-bond acceptors (Lipinski definition) is 4. The molecule has 1 aliphatic heterocycles. The second kappa shape index (κ2) is 8.07. The summed E-state index contributed by atoms with van der Waals surface area (Å²) in [4.78, 5) is 19.3. The van der Waals surface area contributed by atoms with Gasteiger partial charge in [0.25, 0.3) is 5.91 Å². The van der Waals surface area contributed by atoms with Crippen LogP contribution in [-0.2, 0) is 17.3 Å². The summed E-state index contributed by atoms with van der Waals surface area (Å²) in [7, 11) is 1.65. The van der Waals surface area contributed by atoms with Crippen LogP contribution in [0, 0.1) is 5.92 Å². The summed E-state index contributed by atoms with van der Waals surface area (Å²) in [6.07, 6.45) is 1.57. The normalized spacial score (nSPS) is 22.4. The fraction of sp³-hybridized carbons (Fsp3) is 0.682. The summed E-state index contributed by atoms with van der Waals surface area (Å²) in [6, 6.07) is 2.47. The largest absolute Gasteiger partial charge is 0.433 e. The van der Waals surface area contributed by atoms with Crippen LogP contribution in [0.2, 0.25) is 0 Å². The lowest BCUT2D eigenvalue weighted by Crippen LogP contribution is -2.54. The van der Waals surface area contributed by atoms with Gasteiger partial charge in [-0.05, 0) is 45.1 Å². The molecule has 3 heterocycles. The van der Waals surface area contributed by atoms with Gasteiger partial charge in [-0.15, -0.1) is 0 Å². The van der Waals surface area contributed by atoms with Gasteiger partial charge in [-0.2, -0.15) is 18.3 Å². The Morgan fingerprint density at radius 1 is 1.23 bits per heavy atom. The summed E-state index contributed by atoms with van der Waals surface area (Å²) >= 11 is 0. The molecule has 1 saturated carbocycles. The Hall–Kier alpha value is -2.16. The highest BCUT2D eigenvalue weighted by atomic mass is 19.4. The van der Waals surface area contributed by atoms with Gasteiger partial charge in [0.15, 0.2) is 11.3 Å². The van der Waals surface area contributed by atoms with E-state index in [0.717, 1.165) is 36.3 Å². The highest BCUT2D eigenvalue weighted by Crippen LogP contribution is 2.34. The zero-order valence-electron chi connectivity index (χ0n) is 18.2. The second-order valence-corrected chi connectivity index (χ2v) is 9.40. The smallest absolute Gasteiger partial charge is 0.381 e. The Balaban J connectivity index is 1.68. The molecule has 2 aromatic rings. The van der Waals surface area contributed by atoms with Crippen molar-refractivity contribution in [1.29, 1.82) is 0 Å². The summed E-state index contributed by atoms with van der Waals surface area (Å²) in [6.45, 7) is 4.33. The van der Waals surface area contributed by atoms with Crippen LogP contribution in [0.25, 0.3) is 5.65 Å². The number of nitrogens with zero attached hydrogens (tertiary/aromatic N) is 4. The summed E-state index contributed by atoms with van der Waals surface area (Å²) in [5, 5.41) is 4.04. The fourth-order valence-corrected chi connectivity index (χ4v) is 5.01. The third-order valence-corrected chi connectivity index (χ3v) is 6.67. The van der Waals surface area contributed by atoms with Gasteiger partial charge in [-0.3, -0.25) is 4.79 Å². The van der Waals surface area contributed by atoms with Crippen molar-refractivity contribution in [3.63, 3.8) is 0 Å². The molecule has 1 atom stereocenters. The van der Waals surface area contributed by atoms with Gasteiger partial charge in [0, 0.05) is 31.0 Å². The minimum atomic E-state index is -4.59. The SMILES string of the molecule is COC1CCN(C(=O)c2cc3nc(CC4CCCC4)cc(C(F)(F)F)n3n2)C(C)(C)C1. The van der Waals surface area contributed by atoms with E-state index in [2.05, 4.69) is 10.1 Å². The minimum Gasteiger partial charge on any atom is -0.381 e. The summed E-state index contributed by atoms with van der Waals surface area (Å²) in [5.41, 5.74) is -0.913. The molecule has 2 fully saturated rings. The highest BCUT2D eigenvalue weighted by Gasteiger charge is 2.40. The van der Waals surface area contributed by atoms with Crippen molar-refractivity contribution in [3.05, 3.63) is 29.2 Å². The number of likely N-dealkylation sites (tertiary alicyclic amines) is 1. The van der Waals surface area contributed by atoms with Gasteiger partial charge >= 0.3 is 6.18 Å². The van der Waals surface area contributed by atoms with Crippen LogP contribution in [0.4, 0.5) is 13.2 Å². The Kier molecular flexibility index (Phi) is 5.74. The van der Waals surface area contributed by atoms with E-state index < -0.39 is 17.4 Å². The van der Waals surface area contributed by atoms with E-state index in [4.69, 9.17) is 4.74 Å². The third-order valence-electron chi connectivity index (χ3n) is 6.67. The van der Waals surface area contributed by atoms with E-state index in [9.17, 15) is 18.0 Å². The molecule has 0 radical (unpaired) electrons. The van der Waals surface area contributed by atoms with Crippen molar-refractivity contribution >= 4 is 11.6 Å². The number of piperidine rings is 1. The van der Waals surface area contributed by atoms with E-state index in [-0.39, 0.29) is 23.4 Å².